The Kier molecular flexibility index (Phi) is 10.7. The number of benzene rings is 2. The molecule has 11 heteroatoms. The highest BCUT2D eigenvalue weighted by atomic mass is 35.5. The van der Waals surface area contributed by atoms with E-state index in [1.165, 1.54) is 6.07 Å². The summed E-state index contributed by atoms with van der Waals surface area (Å²) in [5.41, 5.74) is 7.72. The van der Waals surface area contributed by atoms with Crippen LogP contribution in [0.4, 0.5) is 5.69 Å². The van der Waals surface area contributed by atoms with Gasteiger partial charge in [-0.25, -0.2) is 8.42 Å². The first kappa shape index (κ1) is 27.1. The highest BCUT2D eigenvalue weighted by Crippen LogP contribution is 2.29. The highest BCUT2D eigenvalue weighted by Gasteiger charge is 2.13. The number of hydrogen-bond donors (Lipinski definition) is 2. The fourth-order valence-corrected chi connectivity index (χ4v) is 3.56. The summed E-state index contributed by atoms with van der Waals surface area (Å²) >= 11 is 6.18. The van der Waals surface area contributed by atoms with Crippen LogP contribution in [-0.4, -0.2) is 60.2 Å². The molecule has 8 nitrogen and oxygen atoms in total. The molecule has 2 aromatic rings. The molecule has 0 radical (unpaired) electrons. The van der Waals surface area contributed by atoms with Crippen LogP contribution in [0.25, 0.3) is 0 Å². The van der Waals surface area contributed by atoms with Crippen LogP contribution in [0.3, 0.4) is 0 Å². The van der Waals surface area contributed by atoms with Crippen LogP contribution in [-0.2, 0) is 16.4 Å². The van der Waals surface area contributed by atoms with Crippen molar-refractivity contribution in [3.8, 4) is 17.2 Å². The van der Waals surface area contributed by atoms with E-state index in [1.807, 2.05) is 30.1 Å². The number of methoxy groups -OCH3 is 2. The minimum Gasteiger partial charge on any atom is -0.493 e. The zero-order chi connectivity index (χ0) is 22.3. The average molecular weight is 494 g/mol. The molecule has 0 heterocycles. The summed E-state index contributed by atoms with van der Waals surface area (Å²) in [5, 5.41) is 0.320. The number of nitrogens with zero attached hydrogens (tertiary/aromatic N) is 1. The SMILES string of the molecule is COc1ccc(CC(N)N(C)CCOc2ccc(NS(C)(=O)=O)cc2Cl)cc1OC.Cl. The van der Waals surface area contributed by atoms with Crippen molar-refractivity contribution in [1.82, 2.24) is 4.90 Å². The summed E-state index contributed by atoms with van der Waals surface area (Å²) in [4.78, 5) is 1.98. The Morgan fingerprint density at radius 2 is 1.74 bits per heavy atom. The van der Waals surface area contributed by atoms with E-state index in [-0.39, 0.29) is 18.6 Å². The zero-order valence-electron chi connectivity index (χ0n) is 17.9. The first-order chi connectivity index (χ1) is 14.1. The normalized spacial score (nSPS) is 12.1. The third kappa shape index (κ3) is 8.62. The third-order valence-electron chi connectivity index (χ3n) is 4.40. The maximum Gasteiger partial charge on any atom is 0.229 e. The van der Waals surface area contributed by atoms with Gasteiger partial charge in [0.15, 0.2) is 11.5 Å². The summed E-state index contributed by atoms with van der Waals surface area (Å²) in [6.07, 6.45) is 1.49. The van der Waals surface area contributed by atoms with E-state index < -0.39 is 10.0 Å². The lowest BCUT2D eigenvalue weighted by molar-refractivity contribution is 0.192. The van der Waals surface area contributed by atoms with Crippen molar-refractivity contribution in [2.24, 2.45) is 5.73 Å². The van der Waals surface area contributed by atoms with E-state index in [4.69, 9.17) is 31.5 Å². The second-order valence-electron chi connectivity index (χ2n) is 6.81. The zero-order valence-corrected chi connectivity index (χ0v) is 20.3. The summed E-state index contributed by atoms with van der Waals surface area (Å²) < 4.78 is 41.2. The number of halogens is 2. The van der Waals surface area contributed by atoms with E-state index in [9.17, 15) is 8.42 Å². The van der Waals surface area contributed by atoms with Crippen molar-refractivity contribution in [3.63, 3.8) is 0 Å². The van der Waals surface area contributed by atoms with Crippen molar-refractivity contribution in [2.75, 3.05) is 45.4 Å². The molecular formula is C20H29Cl2N3O5S. The highest BCUT2D eigenvalue weighted by molar-refractivity contribution is 7.92. The van der Waals surface area contributed by atoms with Gasteiger partial charge in [0, 0.05) is 13.0 Å². The topological polar surface area (TPSA) is 103 Å². The van der Waals surface area contributed by atoms with Gasteiger partial charge < -0.3 is 19.9 Å². The van der Waals surface area contributed by atoms with Gasteiger partial charge in [0.25, 0.3) is 0 Å². The predicted molar refractivity (Wildman–Crippen MR) is 127 cm³/mol. The van der Waals surface area contributed by atoms with Crippen LogP contribution in [0.2, 0.25) is 5.02 Å². The lowest BCUT2D eigenvalue weighted by atomic mass is 10.1. The van der Waals surface area contributed by atoms with Gasteiger partial charge in [0.2, 0.25) is 10.0 Å². The van der Waals surface area contributed by atoms with Crippen molar-refractivity contribution in [1.29, 1.82) is 0 Å². The summed E-state index contributed by atoms with van der Waals surface area (Å²) in [6.45, 7) is 0.947. The Labute approximate surface area is 195 Å². The second kappa shape index (κ2) is 12.2. The quantitative estimate of drug-likeness (QED) is 0.463. The standard InChI is InChI=1S/C20H28ClN3O5S.ClH/c1-24(20(22)12-14-5-7-18(27-2)19(11-14)28-3)9-10-29-17-8-6-15(13-16(17)21)23-30(4,25)26;/h5-8,11,13,20,23H,9-10,12,22H2,1-4H3;1H. The second-order valence-corrected chi connectivity index (χ2v) is 8.96. The average Bonchev–Trinajstić information content (AvgIpc) is 2.68. The minimum absolute atomic E-state index is 0. The smallest absolute Gasteiger partial charge is 0.229 e. The van der Waals surface area contributed by atoms with Crippen LogP contribution in [0.5, 0.6) is 17.2 Å². The van der Waals surface area contributed by atoms with Gasteiger partial charge in [-0.05, 0) is 42.9 Å². The van der Waals surface area contributed by atoms with Crippen molar-refractivity contribution < 1.29 is 22.6 Å². The van der Waals surface area contributed by atoms with Crippen molar-refractivity contribution >= 4 is 39.7 Å². The third-order valence-corrected chi connectivity index (χ3v) is 5.30. The maximum absolute atomic E-state index is 11.3. The van der Waals surface area contributed by atoms with Crippen molar-refractivity contribution in [2.45, 2.75) is 12.6 Å². The molecule has 2 aromatic carbocycles. The summed E-state index contributed by atoms with van der Waals surface area (Å²) in [5.74, 6) is 1.81. The van der Waals surface area contributed by atoms with Gasteiger partial charge in [0.05, 0.1) is 37.4 Å². The summed E-state index contributed by atoms with van der Waals surface area (Å²) in [6, 6.07) is 10.4. The predicted octanol–water partition coefficient (Wildman–Crippen LogP) is 2.99. The number of hydrogen-bond acceptors (Lipinski definition) is 7. The van der Waals surface area contributed by atoms with Gasteiger partial charge >= 0.3 is 0 Å². The van der Waals surface area contributed by atoms with Gasteiger partial charge in [-0.15, -0.1) is 12.4 Å². The monoisotopic (exact) mass is 493 g/mol. The maximum atomic E-state index is 11.3. The number of rotatable bonds is 11. The van der Waals surface area contributed by atoms with Gasteiger partial charge in [0.1, 0.15) is 12.4 Å². The van der Waals surface area contributed by atoms with Gasteiger partial charge in [-0.1, -0.05) is 17.7 Å². The molecule has 0 spiro atoms. The van der Waals surface area contributed by atoms with E-state index in [0.29, 0.717) is 47.5 Å². The molecule has 2 rings (SSSR count). The van der Waals surface area contributed by atoms with Crippen LogP contribution < -0.4 is 24.7 Å². The van der Waals surface area contributed by atoms with Gasteiger partial charge in [-0.2, -0.15) is 0 Å². The molecule has 0 saturated heterocycles. The largest absolute Gasteiger partial charge is 0.493 e. The first-order valence-electron chi connectivity index (χ1n) is 9.20. The molecule has 0 aliphatic heterocycles. The number of nitrogens with two attached hydrogens (primary N) is 1. The number of ether oxygens (including phenoxy) is 3. The molecule has 0 aliphatic carbocycles. The molecule has 0 aliphatic rings. The Morgan fingerprint density at radius 1 is 1.10 bits per heavy atom. The molecule has 1 atom stereocenters. The van der Waals surface area contributed by atoms with Gasteiger partial charge in [-0.3, -0.25) is 9.62 Å². The Hall–Kier alpha value is -1.91. The van der Waals surface area contributed by atoms with Crippen molar-refractivity contribution in [3.05, 3.63) is 47.0 Å². The minimum atomic E-state index is -3.36. The number of likely N-dealkylation sites (N-methyl/N-ethyl adjacent to an activating group) is 1. The fourth-order valence-electron chi connectivity index (χ4n) is 2.77. The van der Waals surface area contributed by atoms with E-state index >= 15 is 0 Å². The lowest BCUT2D eigenvalue weighted by Gasteiger charge is -2.25. The fraction of sp³-hybridized carbons (Fsp3) is 0.400. The van der Waals surface area contributed by atoms with Crippen LogP contribution in [0.1, 0.15) is 5.56 Å². The summed E-state index contributed by atoms with van der Waals surface area (Å²) in [7, 11) is 1.74. The molecular weight excluding hydrogens is 465 g/mol. The van der Waals surface area contributed by atoms with E-state index in [1.54, 1.807) is 26.4 Å². The molecule has 0 bridgehead atoms. The molecule has 0 saturated carbocycles. The molecule has 0 fully saturated rings. The molecule has 0 aromatic heterocycles. The molecule has 174 valence electrons. The molecule has 3 N–H and O–H groups in total. The van der Waals surface area contributed by atoms with Crippen LogP contribution in [0, 0.1) is 0 Å². The Morgan fingerprint density at radius 3 is 2.32 bits per heavy atom. The van der Waals surface area contributed by atoms with E-state index in [0.717, 1.165) is 11.8 Å². The Balaban J connectivity index is 0.00000480. The first-order valence-corrected chi connectivity index (χ1v) is 11.5. The molecule has 31 heavy (non-hydrogen) atoms. The van der Waals surface area contributed by atoms with Crippen LogP contribution in [0.15, 0.2) is 36.4 Å². The molecule has 1 unspecified atom stereocenters. The van der Waals surface area contributed by atoms with Crippen LogP contribution >= 0.6 is 24.0 Å². The molecule has 0 amide bonds. The van der Waals surface area contributed by atoms with E-state index in [2.05, 4.69) is 4.72 Å². The Bertz CT molecular complexity index is 960. The lowest BCUT2D eigenvalue weighted by Crippen LogP contribution is -2.42. The number of anilines is 1. The number of sulfonamides is 1. The number of nitrogens with one attached hydrogen (secondary N) is 1.